The lowest BCUT2D eigenvalue weighted by Crippen LogP contribution is -2.24. The van der Waals surface area contributed by atoms with E-state index in [-0.39, 0.29) is 5.41 Å². The first-order valence-electron chi connectivity index (χ1n) is 16.6. The van der Waals surface area contributed by atoms with E-state index in [1.54, 1.807) is 0 Å². The van der Waals surface area contributed by atoms with Crippen molar-refractivity contribution in [2.45, 2.75) is 25.2 Å². The van der Waals surface area contributed by atoms with Gasteiger partial charge in [-0.3, -0.25) is 0 Å². The standard InChI is InChI=1S/C45H36N2/c1-45(2)41-19-11-9-17-37(41)38-27-26-36(30-42(38)45)46(33-13-5-3-6-14-33)35-24-21-31(22-25-35)32-23-28-44-40(29-32)39-18-10-12-20-43(39)47(44)34-15-7-4-8-16-34/h3-30,37,41H,1-2H3. The summed E-state index contributed by atoms with van der Waals surface area (Å²) in [6, 6.07) is 53.2. The van der Waals surface area contributed by atoms with E-state index in [1.165, 1.54) is 55.4 Å². The van der Waals surface area contributed by atoms with Crippen LogP contribution in [0, 0.1) is 5.92 Å². The molecule has 2 nitrogen and oxygen atoms in total. The van der Waals surface area contributed by atoms with Crippen LogP contribution in [-0.4, -0.2) is 4.57 Å². The molecular weight excluding hydrogens is 569 g/mol. The molecule has 1 aromatic heterocycles. The summed E-state index contributed by atoms with van der Waals surface area (Å²) in [5.41, 5.74) is 12.5. The van der Waals surface area contributed by atoms with Crippen molar-refractivity contribution in [2.75, 3.05) is 4.90 Å². The zero-order valence-electron chi connectivity index (χ0n) is 26.7. The predicted molar refractivity (Wildman–Crippen MR) is 198 cm³/mol. The minimum Gasteiger partial charge on any atom is -0.310 e. The average molecular weight is 605 g/mol. The predicted octanol–water partition coefficient (Wildman–Crippen LogP) is 12.0. The fourth-order valence-corrected chi connectivity index (χ4v) is 8.14. The molecule has 6 aromatic carbocycles. The highest BCUT2D eigenvalue weighted by molar-refractivity contribution is 6.10. The maximum atomic E-state index is 2.44. The largest absolute Gasteiger partial charge is 0.310 e. The second-order valence-corrected chi connectivity index (χ2v) is 13.5. The van der Waals surface area contributed by atoms with Crippen LogP contribution in [0.2, 0.25) is 0 Å². The lowest BCUT2D eigenvalue weighted by molar-refractivity contribution is 0.394. The number of allylic oxidation sites excluding steroid dienone is 4. The molecule has 0 aliphatic heterocycles. The number of benzene rings is 6. The lowest BCUT2D eigenvalue weighted by Gasteiger charge is -2.30. The molecule has 2 aliphatic rings. The molecule has 0 saturated carbocycles. The Kier molecular flexibility index (Phi) is 6.33. The van der Waals surface area contributed by atoms with Gasteiger partial charge in [0.1, 0.15) is 0 Å². The topological polar surface area (TPSA) is 8.17 Å². The molecule has 2 atom stereocenters. The summed E-state index contributed by atoms with van der Waals surface area (Å²) < 4.78 is 2.37. The zero-order valence-corrected chi connectivity index (χ0v) is 26.7. The molecule has 0 bridgehead atoms. The van der Waals surface area contributed by atoms with Crippen LogP contribution < -0.4 is 4.90 Å². The Morgan fingerprint density at radius 1 is 0.532 bits per heavy atom. The van der Waals surface area contributed by atoms with Crippen LogP contribution in [0.1, 0.15) is 30.9 Å². The number of para-hydroxylation sites is 3. The molecule has 2 heteroatoms. The van der Waals surface area contributed by atoms with Crippen LogP contribution >= 0.6 is 0 Å². The van der Waals surface area contributed by atoms with Gasteiger partial charge in [-0.1, -0.05) is 117 Å². The Balaban J connectivity index is 1.12. The van der Waals surface area contributed by atoms with E-state index < -0.39 is 0 Å². The SMILES string of the molecule is CC1(C)c2cc(N(c3ccccc3)c3ccc(-c4ccc5c(c4)c4ccccc4n5-c4ccccc4)cc3)ccc2C2C=CC=CC21. The molecule has 0 amide bonds. The van der Waals surface area contributed by atoms with Crippen molar-refractivity contribution in [1.29, 1.82) is 0 Å². The molecule has 47 heavy (non-hydrogen) atoms. The smallest absolute Gasteiger partial charge is 0.0541 e. The van der Waals surface area contributed by atoms with Gasteiger partial charge in [-0.15, -0.1) is 0 Å². The Morgan fingerprint density at radius 3 is 1.98 bits per heavy atom. The van der Waals surface area contributed by atoms with Gasteiger partial charge < -0.3 is 9.47 Å². The summed E-state index contributed by atoms with van der Waals surface area (Å²) in [6.45, 7) is 4.80. The fraction of sp³-hybridized carbons (Fsp3) is 0.111. The van der Waals surface area contributed by atoms with Gasteiger partial charge in [-0.25, -0.2) is 0 Å². The molecule has 2 unspecified atom stereocenters. The number of anilines is 3. The van der Waals surface area contributed by atoms with Crippen molar-refractivity contribution in [3.05, 3.63) is 181 Å². The maximum absolute atomic E-state index is 2.44. The van der Waals surface area contributed by atoms with E-state index in [9.17, 15) is 0 Å². The third-order valence-corrected chi connectivity index (χ3v) is 10.5. The molecule has 0 fully saturated rings. The van der Waals surface area contributed by atoms with Crippen molar-refractivity contribution in [3.63, 3.8) is 0 Å². The number of rotatable bonds is 5. The second kappa shape index (κ2) is 10.7. The van der Waals surface area contributed by atoms with Gasteiger partial charge in [-0.05, 0) is 100 Å². The second-order valence-electron chi connectivity index (χ2n) is 13.5. The highest BCUT2D eigenvalue weighted by Gasteiger charge is 2.44. The highest BCUT2D eigenvalue weighted by Crippen LogP contribution is 2.54. The van der Waals surface area contributed by atoms with Crippen molar-refractivity contribution in [3.8, 4) is 16.8 Å². The normalized spacial score (nSPS) is 17.6. The molecule has 226 valence electrons. The van der Waals surface area contributed by atoms with Crippen LogP contribution in [0.15, 0.2) is 170 Å². The van der Waals surface area contributed by atoms with E-state index in [0.717, 1.165) is 11.4 Å². The summed E-state index contributed by atoms with van der Waals surface area (Å²) in [5, 5.41) is 2.54. The number of fused-ring (bicyclic) bond motifs is 6. The number of aromatic nitrogens is 1. The minimum absolute atomic E-state index is 0.0613. The first-order valence-corrected chi connectivity index (χ1v) is 16.6. The summed E-state index contributed by atoms with van der Waals surface area (Å²) in [7, 11) is 0. The first kappa shape index (κ1) is 27.7. The molecule has 0 N–H and O–H groups in total. The monoisotopic (exact) mass is 604 g/mol. The van der Waals surface area contributed by atoms with E-state index in [0.29, 0.717) is 11.8 Å². The van der Waals surface area contributed by atoms with Crippen molar-refractivity contribution >= 4 is 38.9 Å². The van der Waals surface area contributed by atoms with Gasteiger partial charge in [0.05, 0.1) is 11.0 Å². The van der Waals surface area contributed by atoms with Gasteiger partial charge in [-0.2, -0.15) is 0 Å². The molecular formula is C45H36N2. The molecule has 0 spiro atoms. The summed E-state index contributed by atoms with van der Waals surface area (Å²) >= 11 is 0. The molecule has 2 aliphatic carbocycles. The van der Waals surface area contributed by atoms with Gasteiger partial charge in [0.15, 0.2) is 0 Å². The first-order chi connectivity index (χ1) is 23.1. The number of hydrogen-bond donors (Lipinski definition) is 0. The van der Waals surface area contributed by atoms with Gasteiger partial charge >= 0.3 is 0 Å². The third kappa shape index (κ3) is 4.40. The number of nitrogens with zero attached hydrogens (tertiary/aromatic N) is 2. The Morgan fingerprint density at radius 2 is 1.17 bits per heavy atom. The Bertz CT molecular complexity index is 2320. The van der Waals surface area contributed by atoms with Gasteiger partial charge in [0, 0.05) is 39.4 Å². The van der Waals surface area contributed by atoms with Crippen LogP contribution in [0.25, 0.3) is 38.6 Å². The third-order valence-electron chi connectivity index (χ3n) is 10.5. The van der Waals surface area contributed by atoms with E-state index >= 15 is 0 Å². The highest BCUT2D eigenvalue weighted by atomic mass is 15.1. The molecule has 0 saturated heterocycles. The zero-order chi connectivity index (χ0) is 31.5. The molecule has 0 radical (unpaired) electrons. The van der Waals surface area contributed by atoms with Gasteiger partial charge in [0.25, 0.3) is 0 Å². The van der Waals surface area contributed by atoms with Crippen LogP contribution in [0.4, 0.5) is 17.1 Å². The summed E-state index contributed by atoms with van der Waals surface area (Å²) in [5.74, 6) is 0.934. The van der Waals surface area contributed by atoms with E-state index in [1.807, 2.05) is 0 Å². The summed E-state index contributed by atoms with van der Waals surface area (Å²) in [4.78, 5) is 2.39. The van der Waals surface area contributed by atoms with Crippen LogP contribution in [0.5, 0.6) is 0 Å². The quantitative estimate of drug-likeness (QED) is 0.190. The molecule has 7 aromatic rings. The molecule has 9 rings (SSSR count). The summed E-state index contributed by atoms with van der Waals surface area (Å²) in [6.07, 6.45) is 9.20. The Labute approximate surface area is 276 Å². The van der Waals surface area contributed by atoms with E-state index in [4.69, 9.17) is 0 Å². The van der Waals surface area contributed by atoms with Crippen LogP contribution in [0.3, 0.4) is 0 Å². The minimum atomic E-state index is 0.0613. The fourth-order valence-electron chi connectivity index (χ4n) is 8.14. The van der Waals surface area contributed by atoms with Crippen molar-refractivity contribution in [2.24, 2.45) is 5.92 Å². The van der Waals surface area contributed by atoms with Crippen molar-refractivity contribution in [1.82, 2.24) is 4.57 Å². The molecule has 1 heterocycles. The van der Waals surface area contributed by atoms with Gasteiger partial charge in [0.2, 0.25) is 0 Å². The van der Waals surface area contributed by atoms with Crippen LogP contribution in [-0.2, 0) is 5.41 Å². The van der Waals surface area contributed by atoms with Crippen molar-refractivity contribution < 1.29 is 0 Å². The lowest BCUT2D eigenvalue weighted by atomic mass is 9.74. The maximum Gasteiger partial charge on any atom is 0.0541 e. The van der Waals surface area contributed by atoms with E-state index in [2.05, 4.69) is 193 Å². The Hall–Kier alpha value is -5.60. The average Bonchev–Trinajstić information content (AvgIpc) is 3.58. The number of hydrogen-bond acceptors (Lipinski definition) is 1.